The molecular formula is C23H20N4O. The molecule has 0 saturated carbocycles. The molecule has 0 aliphatic carbocycles. The highest BCUT2D eigenvalue weighted by atomic mass is 16.5. The quantitative estimate of drug-likeness (QED) is 0.689. The number of hydrogen-bond donors (Lipinski definition) is 1. The van der Waals surface area contributed by atoms with Crippen molar-refractivity contribution in [3.8, 4) is 40.1 Å². The van der Waals surface area contributed by atoms with E-state index in [2.05, 4.69) is 12.1 Å². The van der Waals surface area contributed by atoms with Crippen molar-refractivity contribution in [2.24, 2.45) is 0 Å². The average molecular weight is 368 g/mol. The Morgan fingerprint density at radius 2 is 1.29 bits per heavy atom. The molecule has 3 aromatic carbocycles. The molecule has 28 heavy (non-hydrogen) atoms. The average Bonchev–Trinajstić information content (AvgIpc) is 2.73. The zero-order chi connectivity index (χ0) is 20.3. The van der Waals surface area contributed by atoms with Gasteiger partial charge >= 0.3 is 0 Å². The molecule has 0 fully saturated rings. The fourth-order valence-electron chi connectivity index (χ4n) is 3.11. The van der Waals surface area contributed by atoms with E-state index in [1.54, 1.807) is 7.11 Å². The van der Waals surface area contributed by atoms with Crippen molar-refractivity contribution in [2.45, 2.75) is 0 Å². The summed E-state index contributed by atoms with van der Waals surface area (Å²) >= 11 is 0. The molecule has 0 aliphatic rings. The number of hydrogen-bond acceptors (Lipinski definition) is 5. The molecule has 5 heteroatoms. The van der Waals surface area contributed by atoms with E-state index in [1.165, 1.54) is 0 Å². The minimum Gasteiger partial charge on any atom is -0.497 e. The van der Waals surface area contributed by atoms with Crippen molar-refractivity contribution in [1.82, 2.24) is 0 Å². The summed E-state index contributed by atoms with van der Waals surface area (Å²) < 4.78 is 5.21. The zero-order valence-corrected chi connectivity index (χ0v) is 16.0. The molecule has 0 spiro atoms. The predicted octanol–water partition coefficient (Wildman–Crippen LogP) is 4.42. The van der Waals surface area contributed by atoms with E-state index in [-0.39, 0.29) is 5.69 Å². The van der Waals surface area contributed by atoms with E-state index in [0.717, 1.165) is 22.6 Å². The molecule has 0 aromatic heterocycles. The van der Waals surface area contributed by atoms with Gasteiger partial charge in [-0.15, -0.1) is 0 Å². The highest BCUT2D eigenvalue weighted by Crippen LogP contribution is 2.38. The number of nitriles is 2. The maximum Gasteiger partial charge on any atom is 0.118 e. The van der Waals surface area contributed by atoms with Gasteiger partial charge in [-0.3, -0.25) is 0 Å². The first-order valence-corrected chi connectivity index (χ1v) is 8.69. The summed E-state index contributed by atoms with van der Waals surface area (Å²) in [4.78, 5) is 2.00. The number of nitrogens with two attached hydrogens (primary N) is 1. The molecular weight excluding hydrogens is 348 g/mol. The number of benzene rings is 3. The van der Waals surface area contributed by atoms with Gasteiger partial charge in [-0.1, -0.05) is 24.3 Å². The van der Waals surface area contributed by atoms with Crippen molar-refractivity contribution < 1.29 is 4.74 Å². The number of ether oxygens (including phenoxy) is 1. The van der Waals surface area contributed by atoms with Gasteiger partial charge in [0.05, 0.1) is 23.9 Å². The Morgan fingerprint density at radius 1 is 0.821 bits per heavy atom. The first-order chi connectivity index (χ1) is 13.5. The molecule has 0 amide bonds. The van der Waals surface area contributed by atoms with Gasteiger partial charge in [0, 0.05) is 30.9 Å². The van der Waals surface area contributed by atoms with Crippen LogP contribution in [0.2, 0.25) is 0 Å². The third-order valence-corrected chi connectivity index (χ3v) is 4.69. The van der Waals surface area contributed by atoms with Crippen LogP contribution in [0.25, 0.3) is 22.3 Å². The molecule has 3 aromatic rings. The summed E-state index contributed by atoms with van der Waals surface area (Å²) in [6, 6.07) is 21.5. The van der Waals surface area contributed by atoms with E-state index in [4.69, 9.17) is 10.5 Å². The first kappa shape index (κ1) is 18.8. The van der Waals surface area contributed by atoms with Gasteiger partial charge in [-0.25, -0.2) is 0 Å². The summed E-state index contributed by atoms with van der Waals surface area (Å²) in [7, 11) is 5.54. The molecule has 3 rings (SSSR count). The van der Waals surface area contributed by atoms with Gasteiger partial charge in [-0.2, -0.15) is 10.5 Å². The molecule has 0 bridgehead atoms. The predicted molar refractivity (Wildman–Crippen MR) is 112 cm³/mol. The number of nitrogen functional groups attached to an aromatic ring is 1. The minimum absolute atomic E-state index is 0.199. The maximum atomic E-state index is 9.69. The Bertz CT molecular complexity index is 1090. The van der Waals surface area contributed by atoms with Crippen molar-refractivity contribution in [2.75, 3.05) is 31.8 Å². The van der Waals surface area contributed by atoms with Crippen molar-refractivity contribution in [1.29, 1.82) is 10.5 Å². The molecule has 2 N–H and O–H groups in total. The molecule has 138 valence electrons. The maximum absolute atomic E-state index is 9.69. The van der Waals surface area contributed by atoms with E-state index in [1.807, 2.05) is 73.6 Å². The molecule has 0 unspecified atom stereocenters. The SMILES string of the molecule is COc1ccc(-c2cc(-c3ccc(N(C)C)cc3)c(C#N)c(N)c2C#N)cc1. The lowest BCUT2D eigenvalue weighted by Gasteiger charge is -2.16. The van der Waals surface area contributed by atoms with Gasteiger partial charge in [0.25, 0.3) is 0 Å². The lowest BCUT2D eigenvalue weighted by Crippen LogP contribution is -2.08. The van der Waals surface area contributed by atoms with Gasteiger partial charge in [0.1, 0.15) is 17.9 Å². The van der Waals surface area contributed by atoms with Crippen LogP contribution in [0.1, 0.15) is 11.1 Å². The van der Waals surface area contributed by atoms with Crippen LogP contribution >= 0.6 is 0 Å². The highest BCUT2D eigenvalue weighted by Gasteiger charge is 2.18. The normalized spacial score (nSPS) is 10.0. The van der Waals surface area contributed by atoms with Gasteiger partial charge in [0.15, 0.2) is 0 Å². The van der Waals surface area contributed by atoms with Gasteiger partial charge in [-0.05, 0) is 41.5 Å². The molecule has 0 heterocycles. The Morgan fingerprint density at radius 3 is 1.68 bits per heavy atom. The fourth-order valence-corrected chi connectivity index (χ4v) is 3.11. The fraction of sp³-hybridized carbons (Fsp3) is 0.130. The molecule has 0 atom stereocenters. The van der Waals surface area contributed by atoms with Crippen molar-refractivity contribution in [3.63, 3.8) is 0 Å². The van der Waals surface area contributed by atoms with Crippen LogP contribution in [0.15, 0.2) is 54.6 Å². The summed E-state index contributed by atoms with van der Waals surface area (Å²) in [6.45, 7) is 0. The second kappa shape index (κ2) is 7.73. The van der Waals surface area contributed by atoms with Gasteiger partial charge < -0.3 is 15.4 Å². The topological polar surface area (TPSA) is 86.1 Å². The van der Waals surface area contributed by atoms with Crippen LogP contribution in [-0.4, -0.2) is 21.2 Å². The third-order valence-electron chi connectivity index (χ3n) is 4.69. The van der Waals surface area contributed by atoms with Crippen LogP contribution < -0.4 is 15.4 Å². The lowest BCUT2D eigenvalue weighted by molar-refractivity contribution is 0.415. The van der Waals surface area contributed by atoms with Crippen molar-refractivity contribution in [3.05, 3.63) is 65.7 Å². The second-order valence-electron chi connectivity index (χ2n) is 6.53. The molecule has 5 nitrogen and oxygen atoms in total. The zero-order valence-electron chi connectivity index (χ0n) is 16.0. The molecule has 0 saturated heterocycles. The third kappa shape index (κ3) is 3.34. The first-order valence-electron chi connectivity index (χ1n) is 8.69. The van der Waals surface area contributed by atoms with E-state index >= 15 is 0 Å². The Labute approximate surface area is 164 Å². The van der Waals surface area contributed by atoms with Gasteiger partial charge in [0.2, 0.25) is 0 Å². The van der Waals surface area contributed by atoms with E-state index in [0.29, 0.717) is 22.3 Å². The summed E-state index contributed by atoms with van der Waals surface area (Å²) in [5.41, 5.74) is 11.2. The largest absolute Gasteiger partial charge is 0.497 e. The smallest absolute Gasteiger partial charge is 0.118 e. The Balaban J connectivity index is 2.24. The summed E-state index contributed by atoms with van der Waals surface area (Å²) in [5.74, 6) is 0.725. The van der Waals surface area contributed by atoms with Crippen LogP contribution in [0, 0.1) is 22.7 Å². The van der Waals surface area contributed by atoms with Crippen LogP contribution in [-0.2, 0) is 0 Å². The standard InChI is InChI=1S/C23H20N4O/c1-27(2)17-8-4-15(5-9-17)19-12-20(16-6-10-18(28-3)11-7-16)22(14-25)23(26)21(19)13-24/h4-12H,26H2,1-3H3. The number of anilines is 2. The van der Waals surface area contributed by atoms with Crippen LogP contribution in [0.5, 0.6) is 5.75 Å². The Kier molecular flexibility index (Phi) is 5.20. The second-order valence-corrected chi connectivity index (χ2v) is 6.53. The minimum atomic E-state index is 0.199. The number of nitrogens with zero attached hydrogens (tertiary/aromatic N) is 3. The van der Waals surface area contributed by atoms with E-state index < -0.39 is 0 Å². The molecule has 0 aliphatic heterocycles. The van der Waals surface area contributed by atoms with Crippen molar-refractivity contribution >= 4 is 11.4 Å². The summed E-state index contributed by atoms with van der Waals surface area (Å²) in [6.07, 6.45) is 0. The van der Waals surface area contributed by atoms with Crippen LogP contribution in [0.3, 0.4) is 0 Å². The lowest BCUT2D eigenvalue weighted by atomic mass is 9.89. The highest BCUT2D eigenvalue weighted by molar-refractivity contribution is 5.89. The number of methoxy groups -OCH3 is 1. The molecule has 0 radical (unpaired) electrons. The van der Waals surface area contributed by atoms with Crippen LogP contribution in [0.4, 0.5) is 11.4 Å². The monoisotopic (exact) mass is 368 g/mol. The Hall–Kier alpha value is -3.96. The summed E-state index contributed by atoms with van der Waals surface area (Å²) in [5, 5.41) is 19.4. The van der Waals surface area contributed by atoms with E-state index in [9.17, 15) is 10.5 Å². The number of rotatable bonds is 4.